The van der Waals surface area contributed by atoms with Crippen LogP contribution in [0.3, 0.4) is 0 Å². The molecule has 0 amide bonds. The van der Waals surface area contributed by atoms with Gasteiger partial charge in [0.15, 0.2) is 11.2 Å². The Morgan fingerprint density at radius 3 is 2.39 bits per heavy atom. The molecule has 0 atom stereocenters. The molecule has 2 aromatic heterocycles. The maximum Gasteiger partial charge on any atom is 0.189 e. The molecule has 0 unspecified atom stereocenters. The number of hydrogen-bond donors (Lipinski definition) is 2. The summed E-state index contributed by atoms with van der Waals surface area (Å²) in [6.07, 6.45) is 3.69. The number of piperidine rings is 1. The van der Waals surface area contributed by atoms with Crippen LogP contribution in [0.25, 0.3) is 22.2 Å². The Labute approximate surface area is 182 Å². The summed E-state index contributed by atoms with van der Waals surface area (Å²) in [6.45, 7) is 8.99. The van der Waals surface area contributed by atoms with Gasteiger partial charge in [-0.2, -0.15) is 0 Å². The van der Waals surface area contributed by atoms with E-state index in [1.54, 1.807) is 13.3 Å². The highest BCUT2D eigenvalue weighted by molar-refractivity contribution is 5.87. The third-order valence-corrected chi connectivity index (χ3v) is 6.08. The average molecular weight is 422 g/mol. The molecule has 1 aliphatic rings. The molecule has 1 aromatic carbocycles. The number of H-pyrrole nitrogens is 1. The molecule has 0 spiro atoms. The number of hydrogen-bond acceptors (Lipinski definition) is 6. The van der Waals surface area contributed by atoms with Gasteiger partial charge in [0.25, 0.3) is 0 Å². The van der Waals surface area contributed by atoms with Gasteiger partial charge >= 0.3 is 0 Å². The molecule has 0 aliphatic carbocycles. The number of aromatic nitrogens is 3. The third kappa shape index (κ3) is 4.28. The van der Waals surface area contributed by atoms with Crippen molar-refractivity contribution in [1.29, 1.82) is 0 Å². The predicted molar refractivity (Wildman–Crippen MR) is 125 cm³/mol. The fourth-order valence-corrected chi connectivity index (χ4v) is 4.96. The summed E-state index contributed by atoms with van der Waals surface area (Å²) in [5.41, 5.74) is 2.22. The molecule has 3 aromatic rings. The van der Waals surface area contributed by atoms with Crippen LogP contribution < -0.4 is 20.4 Å². The van der Waals surface area contributed by atoms with Crippen LogP contribution in [-0.2, 0) is 0 Å². The van der Waals surface area contributed by atoms with Crippen LogP contribution in [0, 0.1) is 0 Å². The van der Waals surface area contributed by atoms with E-state index in [4.69, 9.17) is 4.74 Å². The van der Waals surface area contributed by atoms with E-state index in [1.807, 2.05) is 24.3 Å². The first-order valence-corrected chi connectivity index (χ1v) is 10.6. The smallest absolute Gasteiger partial charge is 0.189 e. The number of rotatable bonds is 4. The van der Waals surface area contributed by atoms with Crippen LogP contribution in [0.15, 0.2) is 41.3 Å². The molecular weight excluding hydrogens is 390 g/mol. The van der Waals surface area contributed by atoms with Gasteiger partial charge in [-0.05, 0) is 58.7 Å². The summed E-state index contributed by atoms with van der Waals surface area (Å²) in [5.74, 6) is 1.48. The number of pyridine rings is 1. The number of benzene rings is 1. The van der Waals surface area contributed by atoms with Crippen molar-refractivity contribution in [2.75, 3.05) is 19.1 Å². The Kier molecular flexibility index (Phi) is 5.25. The molecule has 1 fully saturated rings. The van der Waals surface area contributed by atoms with Crippen LogP contribution in [0.4, 0.5) is 5.82 Å². The molecular formula is C24H31N5O2. The maximum absolute atomic E-state index is 12.3. The number of fused-ring (bicyclic) bond motifs is 1. The largest absolute Gasteiger partial charge is 0.496 e. The van der Waals surface area contributed by atoms with Gasteiger partial charge in [-0.1, -0.05) is 0 Å². The first-order valence-electron chi connectivity index (χ1n) is 10.6. The molecule has 1 aliphatic heterocycles. The van der Waals surface area contributed by atoms with Crippen molar-refractivity contribution in [3.05, 3.63) is 46.8 Å². The molecule has 2 N–H and O–H groups in total. The van der Waals surface area contributed by atoms with Gasteiger partial charge in [-0.25, -0.2) is 0 Å². The summed E-state index contributed by atoms with van der Waals surface area (Å²) in [6, 6.07) is 9.45. The Hall–Kier alpha value is -2.93. The van der Waals surface area contributed by atoms with E-state index in [0.717, 1.165) is 29.7 Å². The maximum atomic E-state index is 12.3. The van der Waals surface area contributed by atoms with Crippen molar-refractivity contribution < 1.29 is 4.74 Å². The van der Waals surface area contributed by atoms with E-state index in [9.17, 15) is 4.79 Å². The summed E-state index contributed by atoms with van der Waals surface area (Å²) in [5, 5.41) is 13.3. The number of methoxy groups -OCH3 is 1. The normalized spacial score (nSPS) is 18.1. The first-order chi connectivity index (χ1) is 14.6. The summed E-state index contributed by atoms with van der Waals surface area (Å²) in [4.78, 5) is 17.6. The molecule has 31 heavy (non-hydrogen) atoms. The Balaban J connectivity index is 1.66. The molecule has 1 saturated heterocycles. The number of nitrogens with zero attached hydrogens (tertiary/aromatic N) is 3. The zero-order chi connectivity index (χ0) is 22.4. The van der Waals surface area contributed by atoms with Gasteiger partial charge in [-0.3, -0.25) is 4.79 Å². The van der Waals surface area contributed by atoms with E-state index < -0.39 is 0 Å². The van der Waals surface area contributed by atoms with E-state index >= 15 is 0 Å². The van der Waals surface area contributed by atoms with Crippen molar-refractivity contribution in [2.24, 2.45) is 0 Å². The first kappa shape index (κ1) is 21.3. The SMILES string of the molecule is COc1cc2[nH]ccc(=O)c2cc1-c1ccc(N(C)C2CC(C)(C)NC(C)(C)C2)nn1. The Bertz CT molecular complexity index is 1130. The zero-order valence-corrected chi connectivity index (χ0v) is 19.1. The van der Waals surface area contributed by atoms with Gasteiger partial charge in [0.1, 0.15) is 5.75 Å². The number of nitrogens with one attached hydrogen (secondary N) is 2. The molecule has 3 heterocycles. The number of aromatic amines is 1. The lowest BCUT2D eigenvalue weighted by atomic mass is 9.79. The summed E-state index contributed by atoms with van der Waals surface area (Å²) < 4.78 is 5.56. The second-order valence-electron chi connectivity index (χ2n) is 9.78. The number of anilines is 1. The molecule has 7 heteroatoms. The van der Waals surface area contributed by atoms with Crippen molar-refractivity contribution in [2.45, 2.75) is 57.7 Å². The van der Waals surface area contributed by atoms with Crippen molar-refractivity contribution in [1.82, 2.24) is 20.5 Å². The van der Waals surface area contributed by atoms with Crippen molar-refractivity contribution in [3.63, 3.8) is 0 Å². The highest BCUT2D eigenvalue weighted by atomic mass is 16.5. The topological polar surface area (TPSA) is 83.1 Å². The van der Waals surface area contributed by atoms with E-state index in [0.29, 0.717) is 22.9 Å². The molecule has 0 bridgehead atoms. The van der Waals surface area contributed by atoms with Crippen molar-refractivity contribution >= 4 is 16.7 Å². The van der Waals surface area contributed by atoms with Gasteiger partial charge < -0.3 is 19.9 Å². The number of ether oxygens (including phenoxy) is 1. The Morgan fingerprint density at radius 1 is 1.06 bits per heavy atom. The standard InChI is InChI=1S/C24H31N5O2/c1-23(2)13-15(14-24(3,4)28-23)29(5)22-8-7-18(26-27-22)17-11-16-19(12-21(17)31-6)25-10-9-20(16)30/h7-12,15,28H,13-14H2,1-6H3,(H,25,30). The summed E-state index contributed by atoms with van der Waals surface area (Å²) >= 11 is 0. The van der Waals surface area contributed by atoms with Gasteiger partial charge in [0.05, 0.1) is 18.3 Å². The second-order valence-corrected chi connectivity index (χ2v) is 9.78. The van der Waals surface area contributed by atoms with E-state index in [1.165, 1.54) is 6.07 Å². The van der Waals surface area contributed by atoms with Crippen LogP contribution >= 0.6 is 0 Å². The lowest BCUT2D eigenvalue weighted by Gasteiger charge is -2.49. The van der Waals surface area contributed by atoms with E-state index in [2.05, 4.69) is 60.1 Å². The van der Waals surface area contributed by atoms with Gasteiger partial charge in [-0.15, -0.1) is 10.2 Å². The van der Waals surface area contributed by atoms with Crippen molar-refractivity contribution in [3.8, 4) is 17.0 Å². The second kappa shape index (κ2) is 7.64. The lowest BCUT2D eigenvalue weighted by molar-refractivity contribution is 0.160. The minimum atomic E-state index is -0.0434. The minimum absolute atomic E-state index is 0.0434. The molecule has 4 rings (SSSR count). The highest BCUT2D eigenvalue weighted by Gasteiger charge is 2.39. The third-order valence-electron chi connectivity index (χ3n) is 6.08. The monoisotopic (exact) mass is 421 g/mol. The van der Waals surface area contributed by atoms with Gasteiger partial charge in [0.2, 0.25) is 0 Å². The molecule has 0 radical (unpaired) electrons. The molecule has 7 nitrogen and oxygen atoms in total. The minimum Gasteiger partial charge on any atom is -0.496 e. The summed E-state index contributed by atoms with van der Waals surface area (Å²) in [7, 11) is 3.70. The van der Waals surface area contributed by atoms with Crippen LogP contribution in [0.2, 0.25) is 0 Å². The van der Waals surface area contributed by atoms with Crippen LogP contribution in [0.5, 0.6) is 5.75 Å². The van der Waals surface area contributed by atoms with Gasteiger partial charge in [0, 0.05) is 53.4 Å². The quantitative estimate of drug-likeness (QED) is 0.668. The lowest BCUT2D eigenvalue weighted by Crippen LogP contribution is -2.62. The molecule has 164 valence electrons. The highest BCUT2D eigenvalue weighted by Crippen LogP contribution is 2.34. The van der Waals surface area contributed by atoms with Crippen LogP contribution in [0.1, 0.15) is 40.5 Å². The fraction of sp³-hybridized carbons (Fsp3) is 0.458. The fourth-order valence-electron chi connectivity index (χ4n) is 4.96. The predicted octanol–water partition coefficient (Wildman–Crippen LogP) is 3.74. The molecule has 0 saturated carbocycles. The zero-order valence-electron chi connectivity index (χ0n) is 19.1. The van der Waals surface area contributed by atoms with E-state index in [-0.39, 0.29) is 16.5 Å². The average Bonchev–Trinajstić information content (AvgIpc) is 2.70. The Morgan fingerprint density at radius 2 is 1.77 bits per heavy atom. The van der Waals surface area contributed by atoms with Crippen LogP contribution in [-0.4, -0.2) is 46.5 Å².